The van der Waals surface area contributed by atoms with Crippen LogP contribution in [0, 0.1) is 0 Å². The zero-order valence-electron chi connectivity index (χ0n) is 10.4. The standard InChI is InChI=1S/C14H19N/c1-4-14(2)12-10-8-6-5-7-9-11-13-15-3/h4-13,15H,1H2,2-3H3/i1D. The molecule has 0 aliphatic rings. The van der Waals surface area contributed by atoms with Crippen molar-refractivity contribution in [1.29, 1.82) is 0 Å². The van der Waals surface area contributed by atoms with E-state index in [-0.39, 0.29) is 0 Å². The van der Waals surface area contributed by atoms with E-state index in [0.717, 1.165) is 5.57 Å². The van der Waals surface area contributed by atoms with Gasteiger partial charge < -0.3 is 5.32 Å². The van der Waals surface area contributed by atoms with Crippen LogP contribution in [0.4, 0.5) is 0 Å². The molecule has 0 heterocycles. The Labute approximate surface area is 94.3 Å². The highest BCUT2D eigenvalue weighted by Crippen LogP contribution is 1.92. The predicted molar refractivity (Wildman–Crippen MR) is 69.6 cm³/mol. The minimum Gasteiger partial charge on any atom is -0.394 e. The molecule has 0 aliphatic carbocycles. The lowest BCUT2D eigenvalue weighted by Gasteiger charge is -1.82. The molecular formula is C14H19N. The molecule has 0 aliphatic heterocycles. The Morgan fingerprint density at radius 1 is 1.07 bits per heavy atom. The molecule has 1 heteroatoms. The van der Waals surface area contributed by atoms with Crippen molar-refractivity contribution in [3.63, 3.8) is 0 Å². The second-order valence-electron chi connectivity index (χ2n) is 2.88. The lowest BCUT2D eigenvalue weighted by atomic mass is 10.2. The van der Waals surface area contributed by atoms with E-state index in [1.54, 1.807) is 6.08 Å². The van der Waals surface area contributed by atoms with Crippen molar-refractivity contribution in [3.8, 4) is 0 Å². The highest BCUT2D eigenvalue weighted by atomic mass is 14.8. The highest BCUT2D eigenvalue weighted by molar-refractivity contribution is 5.23. The third-order valence-electron chi connectivity index (χ3n) is 1.55. The molecule has 15 heavy (non-hydrogen) atoms. The van der Waals surface area contributed by atoms with Crippen molar-refractivity contribution >= 4 is 0 Å². The van der Waals surface area contributed by atoms with Gasteiger partial charge >= 0.3 is 0 Å². The summed E-state index contributed by atoms with van der Waals surface area (Å²) in [6.45, 7) is 3.24. The van der Waals surface area contributed by atoms with Crippen LogP contribution in [-0.2, 0) is 0 Å². The first-order valence-electron chi connectivity index (χ1n) is 5.44. The second kappa shape index (κ2) is 10.3. The molecule has 0 bridgehead atoms. The summed E-state index contributed by atoms with van der Waals surface area (Å²) >= 11 is 0. The highest BCUT2D eigenvalue weighted by Gasteiger charge is 1.71. The molecule has 0 radical (unpaired) electrons. The van der Waals surface area contributed by atoms with Gasteiger partial charge in [0.1, 0.15) is 0 Å². The molecule has 80 valence electrons. The summed E-state index contributed by atoms with van der Waals surface area (Å²) in [5.41, 5.74) is 1.06. The lowest BCUT2D eigenvalue weighted by Crippen LogP contribution is -1.89. The molecule has 0 aromatic rings. The Kier molecular flexibility index (Phi) is 7.79. The summed E-state index contributed by atoms with van der Waals surface area (Å²) in [5.74, 6) is 0. The first-order valence-corrected chi connectivity index (χ1v) is 4.87. The van der Waals surface area contributed by atoms with Gasteiger partial charge in [0.25, 0.3) is 0 Å². The SMILES string of the molecule is [2H]C=CC(C)=CC=CC=CC=CC=CNC. The van der Waals surface area contributed by atoms with Gasteiger partial charge in [-0.25, -0.2) is 0 Å². The number of nitrogens with one attached hydrogen (secondary N) is 1. The van der Waals surface area contributed by atoms with Crippen molar-refractivity contribution in [1.82, 2.24) is 5.32 Å². The van der Waals surface area contributed by atoms with Gasteiger partial charge in [0.05, 0.1) is 1.37 Å². The molecule has 0 aromatic carbocycles. The van der Waals surface area contributed by atoms with Crippen molar-refractivity contribution in [3.05, 3.63) is 73.0 Å². The van der Waals surface area contributed by atoms with Crippen molar-refractivity contribution in [2.24, 2.45) is 0 Å². The summed E-state index contributed by atoms with van der Waals surface area (Å²) in [6.07, 6.45) is 19.2. The van der Waals surface area contributed by atoms with Crippen molar-refractivity contribution in [2.75, 3.05) is 7.05 Å². The minimum atomic E-state index is 1.06. The number of allylic oxidation sites excluding steroid dienone is 10. The van der Waals surface area contributed by atoms with Gasteiger partial charge in [-0.2, -0.15) is 0 Å². The predicted octanol–water partition coefficient (Wildman–Crippen LogP) is 3.52. The van der Waals surface area contributed by atoms with Crippen LogP contribution in [0.3, 0.4) is 0 Å². The van der Waals surface area contributed by atoms with Crippen LogP contribution in [0.25, 0.3) is 0 Å². The van der Waals surface area contributed by atoms with Gasteiger partial charge in [-0.05, 0) is 19.2 Å². The first kappa shape index (κ1) is 11.3. The molecule has 0 fully saturated rings. The molecule has 0 atom stereocenters. The fourth-order valence-electron chi connectivity index (χ4n) is 0.735. The second-order valence-corrected chi connectivity index (χ2v) is 2.88. The summed E-state index contributed by atoms with van der Waals surface area (Å²) < 4.78 is 6.88. The van der Waals surface area contributed by atoms with Gasteiger partial charge in [-0.3, -0.25) is 0 Å². The van der Waals surface area contributed by atoms with Gasteiger partial charge in [0.2, 0.25) is 0 Å². The van der Waals surface area contributed by atoms with Crippen molar-refractivity contribution < 1.29 is 1.37 Å². The maximum Gasteiger partial charge on any atom is 0.0538 e. The lowest BCUT2D eigenvalue weighted by molar-refractivity contribution is 1.10. The van der Waals surface area contributed by atoms with E-state index in [2.05, 4.69) is 5.32 Å². The molecule has 0 aromatic heterocycles. The number of rotatable bonds is 6. The van der Waals surface area contributed by atoms with Crippen LogP contribution in [0.15, 0.2) is 73.0 Å². The average Bonchev–Trinajstić information content (AvgIpc) is 2.27. The number of hydrogen-bond donors (Lipinski definition) is 1. The van der Waals surface area contributed by atoms with E-state index < -0.39 is 0 Å². The summed E-state index contributed by atoms with van der Waals surface area (Å²) in [6, 6.07) is 0. The van der Waals surface area contributed by atoms with Crippen LogP contribution in [0.2, 0.25) is 0 Å². The average molecular weight is 202 g/mol. The normalized spacial score (nSPS) is 15.3. The Balaban J connectivity index is 3.92. The molecule has 1 nitrogen and oxygen atoms in total. The zero-order valence-corrected chi connectivity index (χ0v) is 9.35. The quantitative estimate of drug-likeness (QED) is 0.650. The van der Waals surface area contributed by atoms with E-state index >= 15 is 0 Å². The molecule has 0 spiro atoms. The Bertz CT molecular complexity index is 331. The van der Waals surface area contributed by atoms with Gasteiger partial charge in [-0.15, -0.1) is 0 Å². The van der Waals surface area contributed by atoms with E-state index in [1.807, 2.05) is 68.8 Å². The fraction of sp³-hybridized carbons (Fsp3) is 0.143. The first-order chi connectivity index (χ1) is 7.81. The maximum absolute atomic E-state index is 6.88. The largest absolute Gasteiger partial charge is 0.394 e. The number of hydrogen-bond acceptors (Lipinski definition) is 1. The summed E-state index contributed by atoms with van der Waals surface area (Å²) in [5, 5.41) is 2.90. The van der Waals surface area contributed by atoms with Gasteiger partial charge in [0.15, 0.2) is 0 Å². The van der Waals surface area contributed by atoms with E-state index in [1.165, 1.54) is 6.55 Å². The maximum atomic E-state index is 6.88. The monoisotopic (exact) mass is 202 g/mol. The van der Waals surface area contributed by atoms with Gasteiger partial charge in [-0.1, -0.05) is 60.7 Å². The van der Waals surface area contributed by atoms with Crippen molar-refractivity contribution in [2.45, 2.75) is 6.92 Å². The van der Waals surface area contributed by atoms with E-state index in [9.17, 15) is 0 Å². The third kappa shape index (κ3) is 10.2. The molecule has 1 N–H and O–H groups in total. The molecule has 0 saturated heterocycles. The Morgan fingerprint density at radius 3 is 2.27 bits per heavy atom. The summed E-state index contributed by atoms with van der Waals surface area (Å²) in [7, 11) is 1.86. The van der Waals surface area contributed by atoms with E-state index in [0.29, 0.717) is 0 Å². The molecule has 0 amide bonds. The Morgan fingerprint density at radius 2 is 1.67 bits per heavy atom. The van der Waals surface area contributed by atoms with Crippen LogP contribution in [-0.4, -0.2) is 7.05 Å². The zero-order chi connectivity index (χ0) is 12.1. The third-order valence-corrected chi connectivity index (χ3v) is 1.55. The van der Waals surface area contributed by atoms with Gasteiger partial charge in [0, 0.05) is 7.05 Å². The minimum absolute atomic E-state index is 1.06. The topological polar surface area (TPSA) is 12.0 Å². The fourth-order valence-corrected chi connectivity index (χ4v) is 0.735. The summed E-state index contributed by atoms with van der Waals surface area (Å²) in [4.78, 5) is 0. The van der Waals surface area contributed by atoms with Crippen LogP contribution >= 0.6 is 0 Å². The van der Waals surface area contributed by atoms with Crippen LogP contribution < -0.4 is 5.32 Å². The van der Waals surface area contributed by atoms with Crippen LogP contribution in [0.1, 0.15) is 8.29 Å². The van der Waals surface area contributed by atoms with Crippen LogP contribution in [0.5, 0.6) is 0 Å². The molecular weight excluding hydrogens is 182 g/mol. The Hall–Kier alpha value is -1.76. The molecule has 0 unspecified atom stereocenters. The van der Waals surface area contributed by atoms with E-state index in [4.69, 9.17) is 1.37 Å². The molecule has 0 saturated carbocycles. The molecule has 0 rings (SSSR count). The smallest absolute Gasteiger partial charge is 0.0538 e.